The number of nitrogens with one attached hydrogen (secondary N) is 1. The Morgan fingerprint density at radius 2 is 2.00 bits per heavy atom. The van der Waals surface area contributed by atoms with Crippen molar-refractivity contribution >= 4 is 41.9 Å². The summed E-state index contributed by atoms with van der Waals surface area (Å²) in [6, 6.07) is 5.12. The van der Waals surface area contributed by atoms with Crippen LogP contribution in [-0.2, 0) is 23.6 Å². The zero-order chi connectivity index (χ0) is 14.9. The average molecular weight is 423 g/mol. The van der Waals surface area contributed by atoms with E-state index in [4.69, 9.17) is 0 Å². The molecule has 8 heteroatoms. The van der Waals surface area contributed by atoms with Gasteiger partial charge < -0.3 is 0 Å². The summed E-state index contributed by atoms with van der Waals surface area (Å²) >= 11 is 6.64. The quantitative estimate of drug-likeness (QED) is 0.823. The largest absolute Gasteiger partial charge is 0.271 e. The lowest BCUT2D eigenvalue weighted by Crippen LogP contribution is -2.24. The van der Waals surface area contributed by atoms with Gasteiger partial charge in [0.2, 0.25) is 10.0 Å². The summed E-state index contributed by atoms with van der Waals surface area (Å²) in [6.07, 6.45) is 1.63. The topological polar surface area (TPSA) is 64.0 Å². The number of aromatic nitrogens is 2. The van der Waals surface area contributed by atoms with Gasteiger partial charge in [-0.25, -0.2) is 13.1 Å². The molecule has 1 N–H and O–H groups in total. The van der Waals surface area contributed by atoms with Crippen LogP contribution in [-0.4, -0.2) is 18.2 Å². The van der Waals surface area contributed by atoms with Gasteiger partial charge in [-0.1, -0.05) is 15.9 Å². The Morgan fingerprint density at radius 3 is 2.60 bits per heavy atom. The molecule has 1 heterocycles. The van der Waals surface area contributed by atoms with Gasteiger partial charge in [-0.15, -0.1) is 0 Å². The van der Waals surface area contributed by atoms with Crippen LogP contribution in [0.25, 0.3) is 0 Å². The van der Waals surface area contributed by atoms with Crippen molar-refractivity contribution < 1.29 is 8.42 Å². The molecule has 0 unspecified atom stereocenters. The zero-order valence-electron chi connectivity index (χ0n) is 10.9. The first kappa shape index (κ1) is 15.7. The van der Waals surface area contributed by atoms with Gasteiger partial charge in [0.1, 0.15) is 0 Å². The van der Waals surface area contributed by atoms with Gasteiger partial charge in [0.15, 0.2) is 0 Å². The third-order valence-electron chi connectivity index (χ3n) is 2.87. The van der Waals surface area contributed by atoms with E-state index < -0.39 is 10.0 Å². The number of rotatable bonds is 4. The number of hydrogen-bond acceptors (Lipinski definition) is 3. The molecule has 0 saturated carbocycles. The Kier molecular flexibility index (Phi) is 4.68. The fourth-order valence-corrected chi connectivity index (χ4v) is 4.33. The molecule has 2 aromatic rings. The van der Waals surface area contributed by atoms with E-state index in [0.29, 0.717) is 4.47 Å². The van der Waals surface area contributed by atoms with Crippen LogP contribution in [0.4, 0.5) is 0 Å². The zero-order valence-corrected chi connectivity index (χ0v) is 14.9. The second kappa shape index (κ2) is 5.97. The lowest BCUT2D eigenvalue weighted by Gasteiger charge is -2.10. The lowest BCUT2D eigenvalue weighted by atomic mass is 10.2. The molecular weight excluding hydrogens is 410 g/mol. The van der Waals surface area contributed by atoms with Crippen molar-refractivity contribution in [2.75, 3.05) is 0 Å². The van der Waals surface area contributed by atoms with E-state index in [1.165, 1.54) is 0 Å². The fourth-order valence-electron chi connectivity index (χ4n) is 1.66. The van der Waals surface area contributed by atoms with Gasteiger partial charge in [0.25, 0.3) is 0 Å². The molecule has 1 aromatic heterocycles. The Bertz CT molecular complexity index is 741. The predicted molar refractivity (Wildman–Crippen MR) is 83.8 cm³/mol. The standard InChI is InChI=1S/C12H13Br2N3O2S/c1-8-5-11(14)12(6-10(8)13)20(18,19)16-7-9-3-4-15-17(9)2/h3-6,16H,7H2,1-2H3. The van der Waals surface area contributed by atoms with Crippen LogP contribution in [0.5, 0.6) is 0 Å². The van der Waals surface area contributed by atoms with E-state index in [1.54, 1.807) is 36.1 Å². The number of nitrogens with zero attached hydrogens (tertiary/aromatic N) is 2. The first-order valence-electron chi connectivity index (χ1n) is 5.73. The minimum Gasteiger partial charge on any atom is -0.271 e. The summed E-state index contributed by atoms with van der Waals surface area (Å²) < 4.78 is 30.1. The molecule has 2 rings (SSSR count). The molecule has 5 nitrogen and oxygen atoms in total. The van der Waals surface area contributed by atoms with E-state index in [2.05, 4.69) is 41.7 Å². The van der Waals surface area contributed by atoms with Gasteiger partial charge in [0, 0.05) is 22.2 Å². The molecule has 0 saturated heterocycles. The number of hydrogen-bond donors (Lipinski definition) is 1. The molecule has 0 bridgehead atoms. The maximum Gasteiger partial charge on any atom is 0.242 e. The first-order chi connectivity index (χ1) is 9.31. The second-order valence-electron chi connectivity index (χ2n) is 4.30. The van der Waals surface area contributed by atoms with Gasteiger partial charge in [0.05, 0.1) is 17.1 Å². The van der Waals surface area contributed by atoms with E-state index in [-0.39, 0.29) is 11.4 Å². The molecule has 0 fully saturated rings. The summed E-state index contributed by atoms with van der Waals surface area (Å²) in [5.74, 6) is 0. The molecule has 0 atom stereocenters. The third kappa shape index (κ3) is 3.30. The first-order valence-corrected chi connectivity index (χ1v) is 8.80. The smallest absolute Gasteiger partial charge is 0.242 e. The monoisotopic (exact) mass is 421 g/mol. The summed E-state index contributed by atoms with van der Waals surface area (Å²) in [7, 11) is -1.83. The van der Waals surface area contributed by atoms with Crippen LogP contribution in [0.3, 0.4) is 0 Å². The van der Waals surface area contributed by atoms with E-state index in [0.717, 1.165) is 15.7 Å². The van der Waals surface area contributed by atoms with Gasteiger partial charge >= 0.3 is 0 Å². The Labute approximate surface area is 134 Å². The molecule has 0 aliphatic carbocycles. The lowest BCUT2D eigenvalue weighted by molar-refractivity contribution is 0.576. The van der Waals surface area contributed by atoms with Crippen LogP contribution >= 0.6 is 31.9 Å². The van der Waals surface area contributed by atoms with Crippen molar-refractivity contribution in [3.8, 4) is 0 Å². The molecule has 0 radical (unpaired) electrons. The highest BCUT2D eigenvalue weighted by Crippen LogP contribution is 2.28. The summed E-state index contributed by atoms with van der Waals surface area (Å²) in [4.78, 5) is 0.206. The Balaban J connectivity index is 2.27. The molecule has 0 amide bonds. The minimum absolute atomic E-state index is 0.191. The van der Waals surface area contributed by atoms with Crippen LogP contribution in [0, 0.1) is 6.92 Å². The number of aryl methyl sites for hydroxylation is 2. The SMILES string of the molecule is Cc1cc(Br)c(S(=O)(=O)NCc2ccnn2C)cc1Br. The molecular formula is C12H13Br2N3O2S. The van der Waals surface area contributed by atoms with Crippen molar-refractivity contribution in [1.82, 2.24) is 14.5 Å². The van der Waals surface area contributed by atoms with Gasteiger partial charge in [-0.2, -0.15) is 5.10 Å². The van der Waals surface area contributed by atoms with Crippen LogP contribution in [0.1, 0.15) is 11.3 Å². The van der Waals surface area contributed by atoms with Crippen LogP contribution in [0.2, 0.25) is 0 Å². The van der Waals surface area contributed by atoms with E-state index >= 15 is 0 Å². The Hall–Kier alpha value is -0.700. The fraction of sp³-hybridized carbons (Fsp3) is 0.250. The third-order valence-corrected chi connectivity index (χ3v) is 6.08. The summed E-state index contributed by atoms with van der Waals surface area (Å²) in [5.41, 5.74) is 1.75. The summed E-state index contributed by atoms with van der Waals surface area (Å²) in [6.45, 7) is 2.09. The van der Waals surface area contributed by atoms with Gasteiger partial charge in [-0.05, 0) is 46.6 Å². The van der Waals surface area contributed by atoms with E-state index in [9.17, 15) is 8.42 Å². The molecule has 0 spiro atoms. The highest BCUT2D eigenvalue weighted by molar-refractivity contribution is 9.11. The van der Waals surface area contributed by atoms with Crippen molar-refractivity contribution in [2.45, 2.75) is 18.4 Å². The van der Waals surface area contributed by atoms with Crippen LogP contribution < -0.4 is 4.72 Å². The molecule has 0 aliphatic heterocycles. The molecule has 0 aliphatic rings. The molecule has 20 heavy (non-hydrogen) atoms. The van der Waals surface area contributed by atoms with Gasteiger partial charge in [-0.3, -0.25) is 4.68 Å². The normalized spacial score (nSPS) is 11.8. The average Bonchev–Trinajstić information content (AvgIpc) is 2.77. The maximum absolute atomic E-state index is 12.3. The van der Waals surface area contributed by atoms with Crippen molar-refractivity contribution in [2.24, 2.45) is 7.05 Å². The van der Waals surface area contributed by atoms with Crippen molar-refractivity contribution in [3.05, 3.63) is 44.6 Å². The molecule has 1 aromatic carbocycles. The van der Waals surface area contributed by atoms with Crippen molar-refractivity contribution in [1.29, 1.82) is 0 Å². The number of halogens is 2. The van der Waals surface area contributed by atoms with E-state index in [1.807, 2.05) is 6.92 Å². The molecule has 108 valence electrons. The highest BCUT2D eigenvalue weighted by atomic mass is 79.9. The Morgan fingerprint density at radius 1 is 1.30 bits per heavy atom. The van der Waals surface area contributed by atoms with Crippen molar-refractivity contribution in [3.63, 3.8) is 0 Å². The number of sulfonamides is 1. The summed E-state index contributed by atoms with van der Waals surface area (Å²) in [5, 5.41) is 4.00. The number of benzene rings is 1. The minimum atomic E-state index is -3.59. The second-order valence-corrected chi connectivity index (χ2v) is 7.75. The highest BCUT2D eigenvalue weighted by Gasteiger charge is 2.19. The predicted octanol–water partition coefficient (Wildman–Crippen LogP) is 2.73. The van der Waals surface area contributed by atoms with Crippen LogP contribution in [0.15, 0.2) is 38.2 Å². The maximum atomic E-state index is 12.3.